The Morgan fingerprint density at radius 1 is 1.45 bits per heavy atom. The molecule has 11 heavy (non-hydrogen) atoms. The van der Waals surface area contributed by atoms with Crippen LogP contribution in [0.25, 0.3) is 0 Å². The van der Waals surface area contributed by atoms with Crippen molar-refractivity contribution in [1.29, 1.82) is 0 Å². The van der Waals surface area contributed by atoms with Gasteiger partial charge in [-0.3, -0.25) is 0 Å². The van der Waals surface area contributed by atoms with Crippen LogP contribution in [0.3, 0.4) is 0 Å². The molecule has 0 radical (unpaired) electrons. The first kappa shape index (κ1) is 8.53. The second kappa shape index (κ2) is 3.72. The fourth-order valence-corrected chi connectivity index (χ4v) is 1.16. The molecule has 0 aliphatic heterocycles. The Hall–Kier alpha value is -0.570. The number of quaternary nitrogens is 1. The van der Waals surface area contributed by atoms with E-state index in [1.54, 1.807) is 12.1 Å². The Labute approximate surface area is 70.6 Å². The minimum atomic E-state index is -0.538. The second-order valence-electron chi connectivity index (χ2n) is 2.33. The summed E-state index contributed by atoms with van der Waals surface area (Å²) in [6, 6.07) is 7.25. The molecule has 0 saturated carbocycles. The van der Waals surface area contributed by atoms with Crippen LogP contribution in [0, 0.1) is 0 Å². The lowest BCUT2D eigenvalue weighted by Crippen LogP contribution is -2.52. The zero-order valence-electron chi connectivity index (χ0n) is 6.13. The predicted octanol–water partition coefficient (Wildman–Crippen LogP) is 0.615. The molecule has 1 atom stereocenters. The third-order valence-corrected chi connectivity index (χ3v) is 1.88. The van der Waals surface area contributed by atoms with Gasteiger partial charge >= 0.3 is 0 Å². The molecule has 60 valence electrons. The maximum atomic E-state index is 9.36. The van der Waals surface area contributed by atoms with Crippen LogP contribution in [0.1, 0.15) is 11.7 Å². The summed E-state index contributed by atoms with van der Waals surface area (Å²) in [5, 5.41) is 9.96. The van der Waals surface area contributed by atoms with Gasteiger partial charge in [-0.1, -0.05) is 29.8 Å². The van der Waals surface area contributed by atoms with Gasteiger partial charge in [-0.15, -0.1) is 0 Å². The highest BCUT2D eigenvalue weighted by Crippen LogP contribution is 2.20. The van der Waals surface area contributed by atoms with E-state index in [4.69, 9.17) is 11.6 Å². The Morgan fingerprint density at radius 3 is 2.64 bits per heavy atom. The molecule has 1 aromatic carbocycles. The molecule has 0 bridgehead atoms. The lowest BCUT2D eigenvalue weighted by atomic mass is 10.1. The summed E-state index contributed by atoms with van der Waals surface area (Å²) in [5.74, 6) is 0. The number of halogens is 1. The van der Waals surface area contributed by atoms with Crippen molar-refractivity contribution >= 4 is 11.6 Å². The molecule has 0 spiro atoms. The van der Waals surface area contributed by atoms with Crippen LogP contribution in [0.2, 0.25) is 5.02 Å². The van der Waals surface area contributed by atoms with Gasteiger partial charge in [0, 0.05) is 10.6 Å². The number of aliphatic hydroxyl groups is 1. The third kappa shape index (κ3) is 1.93. The Kier molecular flexibility index (Phi) is 2.88. The molecule has 2 nitrogen and oxygen atoms in total. The molecule has 0 aromatic heterocycles. The van der Waals surface area contributed by atoms with Crippen LogP contribution < -0.4 is 5.73 Å². The molecule has 0 saturated heterocycles. The van der Waals surface area contributed by atoms with E-state index in [0.717, 1.165) is 5.56 Å². The molecule has 4 N–H and O–H groups in total. The normalized spacial score (nSPS) is 13.0. The summed E-state index contributed by atoms with van der Waals surface area (Å²) in [5.41, 5.74) is 4.35. The average molecular weight is 173 g/mol. The highest BCUT2D eigenvalue weighted by Gasteiger charge is 2.09. The third-order valence-electron chi connectivity index (χ3n) is 1.54. The van der Waals surface area contributed by atoms with Crippen molar-refractivity contribution in [3.8, 4) is 0 Å². The topological polar surface area (TPSA) is 47.9 Å². The van der Waals surface area contributed by atoms with Crippen LogP contribution in [-0.2, 0) is 0 Å². The largest absolute Gasteiger partial charge is 0.382 e. The highest BCUT2D eigenvalue weighted by atomic mass is 35.5. The van der Waals surface area contributed by atoms with Gasteiger partial charge in [-0.05, 0) is 6.07 Å². The molecule has 1 unspecified atom stereocenters. The van der Waals surface area contributed by atoms with Crippen molar-refractivity contribution < 1.29 is 10.8 Å². The van der Waals surface area contributed by atoms with Gasteiger partial charge in [0.05, 0.1) is 0 Å². The van der Waals surface area contributed by atoms with Gasteiger partial charge in [0.15, 0.2) is 0 Å². The van der Waals surface area contributed by atoms with E-state index < -0.39 is 6.10 Å². The number of hydrogen-bond acceptors (Lipinski definition) is 1. The maximum Gasteiger partial charge on any atom is 0.129 e. The van der Waals surface area contributed by atoms with Gasteiger partial charge in [-0.25, -0.2) is 0 Å². The van der Waals surface area contributed by atoms with Crippen LogP contribution in [-0.4, -0.2) is 11.7 Å². The highest BCUT2D eigenvalue weighted by molar-refractivity contribution is 6.31. The zero-order valence-corrected chi connectivity index (χ0v) is 6.88. The fourth-order valence-electron chi connectivity index (χ4n) is 0.901. The molecular formula is C8H11ClNO+. The average Bonchev–Trinajstić information content (AvgIpc) is 2.04. The summed E-state index contributed by atoms with van der Waals surface area (Å²) in [6.45, 7) is 0.448. The van der Waals surface area contributed by atoms with E-state index in [2.05, 4.69) is 5.73 Å². The van der Waals surface area contributed by atoms with E-state index >= 15 is 0 Å². The number of hydrogen-bond donors (Lipinski definition) is 2. The number of benzene rings is 1. The Bertz CT molecular complexity index is 239. The van der Waals surface area contributed by atoms with E-state index in [-0.39, 0.29) is 0 Å². The molecule has 1 rings (SSSR count). The number of rotatable bonds is 2. The summed E-state index contributed by atoms with van der Waals surface area (Å²) >= 11 is 5.81. The van der Waals surface area contributed by atoms with Crippen molar-refractivity contribution in [1.82, 2.24) is 0 Å². The lowest BCUT2D eigenvalue weighted by molar-refractivity contribution is -0.385. The van der Waals surface area contributed by atoms with Crippen molar-refractivity contribution in [2.24, 2.45) is 0 Å². The van der Waals surface area contributed by atoms with E-state index in [0.29, 0.717) is 11.6 Å². The van der Waals surface area contributed by atoms with E-state index in [1.807, 2.05) is 12.1 Å². The van der Waals surface area contributed by atoms with Crippen LogP contribution >= 0.6 is 11.6 Å². The standard InChI is InChI=1S/C8H10ClNO/c9-7-4-2-1-3-6(7)8(11)5-10/h1-4,8,11H,5,10H2/p+1. The van der Waals surface area contributed by atoms with Crippen molar-refractivity contribution in [3.05, 3.63) is 34.9 Å². The van der Waals surface area contributed by atoms with E-state index in [9.17, 15) is 5.11 Å². The Morgan fingerprint density at radius 2 is 2.09 bits per heavy atom. The monoisotopic (exact) mass is 172 g/mol. The van der Waals surface area contributed by atoms with Crippen LogP contribution in [0.5, 0.6) is 0 Å². The zero-order chi connectivity index (χ0) is 8.27. The van der Waals surface area contributed by atoms with Crippen molar-refractivity contribution in [2.75, 3.05) is 6.54 Å². The molecule has 0 amide bonds. The van der Waals surface area contributed by atoms with Crippen LogP contribution in [0.15, 0.2) is 24.3 Å². The quantitative estimate of drug-likeness (QED) is 0.675. The summed E-state index contributed by atoms with van der Waals surface area (Å²) in [6.07, 6.45) is -0.538. The van der Waals surface area contributed by atoms with Crippen molar-refractivity contribution in [3.63, 3.8) is 0 Å². The minimum Gasteiger partial charge on any atom is -0.382 e. The fraction of sp³-hybridized carbons (Fsp3) is 0.250. The summed E-state index contributed by atoms with van der Waals surface area (Å²) in [4.78, 5) is 0. The number of aliphatic hydroxyl groups excluding tert-OH is 1. The predicted molar refractivity (Wildman–Crippen MR) is 44.2 cm³/mol. The summed E-state index contributed by atoms with van der Waals surface area (Å²) < 4.78 is 0. The van der Waals surface area contributed by atoms with Gasteiger partial charge in [-0.2, -0.15) is 0 Å². The van der Waals surface area contributed by atoms with Gasteiger partial charge in [0.2, 0.25) is 0 Å². The maximum absolute atomic E-state index is 9.36. The molecule has 3 heteroatoms. The molecule has 1 aromatic rings. The molecule has 0 fully saturated rings. The van der Waals surface area contributed by atoms with E-state index in [1.165, 1.54) is 0 Å². The van der Waals surface area contributed by atoms with Crippen LogP contribution in [0.4, 0.5) is 0 Å². The van der Waals surface area contributed by atoms with Gasteiger partial charge in [0.1, 0.15) is 12.6 Å². The smallest absolute Gasteiger partial charge is 0.129 e. The lowest BCUT2D eigenvalue weighted by Gasteiger charge is -2.06. The molecule has 0 heterocycles. The second-order valence-corrected chi connectivity index (χ2v) is 2.73. The molecule has 0 aliphatic rings. The summed E-state index contributed by atoms with van der Waals surface area (Å²) in [7, 11) is 0. The minimum absolute atomic E-state index is 0.448. The molecular weight excluding hydrogens is 162 g/mol. The van der Waals surface area contributed by atoms with Gasteiger partial charge in [0.25, 0.3) is 0 Å². The Balaban J connectivity index is 2.93. The first-order valence-corrected chi connectivity index (χ1v) is 3.85. The first-order valence-electron chi connectivity index (χ1n) is 3.47. The molecule has 0 aliphatic carbocycles. The van der Waals surface area contributed by atoms with Gasteiger partial charge < -0.3 is 10.8 Å². The van der Waals surface area contributed by atoms with Crippen molar-refractivity contribution in [2.45, 2.75) is 6.10 Å². The SMILES string of the molecule is [NH3+]CC(O)c1ccccc1Cl. The first-order chi connectivity index (χ1) is 5.25.